The molecule has 0 fully saturated rings. The highest BCUT2D eigenvalue weighted by molar-refractivity contribution is 14.1. The molecule has 4 rings (SSSR count). The van der Waals surface area contributed by atoms with E-state index in [1.165, 1.54) is 0 Å². The molecule has 2 atom stereocenters. The smallest absolute Gasteiger partial charge is 0.331 e. The number of carbonyl (C=O) groups is 3. The molecule has 0 saturated heterocycles. The monoisotopic (exact) mass is 917 g/mol. The van der Waals surface area contributed by atoms with E-state index in [0.29, 0.717) is 32.7 Å². The van der Waals surface area contributed by atoms with Crippen LogP contribution in [0.3, 0.4) is 0 Å². The lowest BCUT2D eigenvalue weighted by molar-refractivity contribution is -0.145. The first-order valence-corrected chi connectivity index (χ1v) is 18.7. The highest BCUT2D eigenvalue weighted by Crippen LogP contribution is 2.13. The average molecular weight is 918 g/mol. The van der Waals surface area contributed by atoms with E-state index in [9.17, 15) is 14.4 Å². The third-order valence-electron chi connectivity index (χ3n) is 6.58. The molecule has 270 valence electrons. The van der Waals surface area contributed by atoms with Crippen molar-refractivity contribution in [2.24, 2.45) is 15.7 Å². The van der Waals surface area contributed by atoms with Crippen LogP contribution < -0.4 is 5.73 Å². The second-order valence-electron chi connectivity index (χ2n) is 10.7. The van der Waals surface area contributed by atoms with Gasteiger partial charge in [-0.3, -0.25) is 19.6 Å². The van der Waals surface area contributed by atoms with E-state index in [1.54, 1.807) is 33.2 Å². The molecule has 4 aromatic carbocycles. The third kappa shape index (κ3) is 19.3. The molecule has 2 N–H and O–H groups in total. The second kappa shape index (κ2) is 25.9. The largest absolute Gasteiger partial charge is 0.465 e. The summed E-state index contributed by atoms with van der Waals surface area (Å²) in [5.41, 5.74) is 9.80. The molecule has 9 nitrogen and oxygen atoms in total. The minimum Gasteiger partial charge on any atom is -0.465 e. The van der Waals surface area contributed by atoms with Gasteiger partial charge in [0, 0.05) is 26.0 Å². The van der Waals surface area contributed by atoms with Gasteiger partial charge in [-0.15, -0.1) is 0 Å². The van der Waals surface area contributed by atoms with Crippen molar-refractivity contribution >= 4 is 75.5 Å². The molecule has 0 aliphatic carbocycles. The Balaban J connectivity index is 0.000000275. The minimum absolute atomic E-state index is 0.0860. The van der Waals surface area contributed by atoms with Crippen LogP contribution >= 0.6 is 45.2 Å². The van der Waals surface area contributed by atoms with E-state index in [1.807, 2.05) is 103 Å². The van der Waals surface area contributed by atoms with E-state index in [0.717, 1.165) is 29.4 Å². The van der Waals surface area contributed by atoms with Crippen LogP contribution in [0.2, 0.25) is 0 Å². The number of benzene rings is 4. The zero-order chi connectivity index (χ0) is 37.3. The second-order valence-corrected chi connectivity index (χ2v) is 13.2. The number of hydrogen-bond donors (Lipinski definition) is 1. The predicted octanol–water partition coefficient (Wildman–Crippen LogP) is 7.28. The number of ether oxygens (including phenoxy) is 3. The lowest BCUT2D eigenvalue weighted by atomic mass is 10.1. The maximum Gasteiger partial charge on any atom is 0.331 e. The summed E-state index contributed by atoms with van der Waals surface area (Å²) in [7, 11) is 0. The Kier molecular flexibility index (Phi) is 22.0. The summed E-state index contributed by atoms with van der Waals surface area (Å²) in [6, 6.07) is 34.3. The molecule has 0 amide bonds. The number of nitrogens with two attached hydrogens (primary N) is 1. The Morgan fingerprint density at radius 2 is 1.14 bits per heavy atom. The summed E-state index contributed by atoms with van der Waals surface area (Å²) in [5, 5.41) is 0. The van der Waals surface area contributed by atoms with Crippen molar-refractivity contribution in [1.82, 2.24) is 0 Å². The van der Waals surface area contributed by atoms with Gasteiger partial charge in [0.2, 0.25) is 0 Å². The molecule has 0 heterocycles. The van der Waals surface area contributed by atoms with E-state index < -0.39 is 12.1 Å². The summed E-state index contributed by atoms with van der Waals surface area (Å²) >= 11 is 4.49. The molecule has 0 unspecified atom stereocenters. The molecule has 0 radical (unpaired) electrons. The fourth-order valence-electron chi connectivity index (χ4n) is 4.26. The topological polar surface area (TPSA) is 130 Å². The van der Waals surface area contributed by atoms with E-state index >= 15 is 0 Å². The maximum atomic E-state index is 12.1. The van der Waals surface area contributed by atoms with Gasteiger partial charge < -0.3 is 19.9 Å². The minimum atomic E-state index is -0.567. The molecular formula is C40H45I2N3O6. The van der Waals surface area contributed by atoms with Gasteiger partial charge in [-0.25, -0.2) is 4.79 Å². The van der Waals surface area contributed by atoms with Crippen LogP contribution in [0.15, 0.2) is 119 Å². The standard InChI is InChI=1S/C18H18INO2.C11H14INO2.C11H13NO2/c1-2-22-18(21)17(12-15-9-6-10-16(19)11-15)20-13-14-7-4-3-5-8-14;1-2-15-11(14)10(13)7-8-4-3-5-9(12)6-8;1-2-14-11(13)9-12-8-10-6-4-3-5-7-10/h3-11,13,17H,2,12H2,1H3;3-6,10H,2,7,13H2,1H3;3-8H,2,9H2,1H3/t17-;10-;/m00./s1. The highest BCUT2D eigenvalue weighted by Gasteiger charge is 2.19. The number of aliphatic imine (C=N–C) groups is 2. The first-order valence-electron chi connectivity index (χ1n) is 16.5. The summed E-state index contributed by atoms with van der Waals surface area (Å²) in [6.45, 7) is 6.58. The van der Waals surface area contributed by atoms with Gasteiger partial charge >= 0.3 is 17.9 Å². The lowest BCUT2D eigenvalue weighted by Gasteiger charge is -2.11. The van der Waals surface area contributed by atoms with Gasteiger partial charge in [-0.05, 0) is 119 Å². The zero-order valence-corrected chi connectivity index (χ0v) is 33.4. The number of esters is 3. The van der Waals surface area contributed by atoms with Crippen molar-refractivity contribution in [3.63, 3.8) is 0 Å². The first-order chi connectivity index (χ1) is 24.6. The Morgan fingerprint density at radius 1 is 0.647 bits per heavy atom. The Morgan fingerprint density at radius 3 is 1.65 bits per heavy atom. The number of nitrogens with zero attached hydrogens (tertiary/aromatic N) is 2. The van der Waals surface area contributed by atoms with Crippen molar-refractivity contribution < 1.29 is 28.6 Å². The highest BCUT2D eigenvalue weighted by atomic mass is 127. The zero-order valence-electron chi connectivity index (χ0n) is 29.1. The van der Waals surface area contributed by atoms with Crippen molar-refractivity contribution in [3.8, 4) is 0 Å². The van der Waals surface area contributed by atoms with Crippen LogP contribution in [-0.2, 0) is 41.4 Å². The molecule has 0 aromatic heterocycles. The molecule has 51 heavy (non-hydrogen) atoms. The van der Waals surface area contributed by atoms with Gasteiger partial charge in [0.15, 0.2) is 6.04 Å². The summed E-state index contributed by atoms with van der Waals surface area (Å²) in [6.07, 6.45) is 4.46. The first kappa shape index (κ1) is 43.2. The molecule has 0 aliphatic heterocycles. The van der Waals surface area contributed by atoms with Crippen LogP contribution in [0, 0.1) is 7.14 Å². The van der Waals surface area contributed by atoms with Crippen molar-refractivity contribution in [3.05, 3.63) is 139 Å². The number of carbonyl (C=O) groups excluding carboxylic acids is 3. The Bertz CT molecular complexity index is 1670. The SMILES string of the molecule is CCOC(=O)CN=Cc1ccccc1.CCOC(=O)[C@@H](N)Cc1cccc(I)c1.CCOC(=O)[C@H](Cc1cccc(I)c1)N=Cc1ccccc1. The van der Waals surface area contributed by atoms with Gasteiger partial charge in [0.05, 0.1) is 19.8 Å². The Labute approximate surface area is 328 Å². The summed E-state index contributed by atoms with van der Waals surface area (Å²) in [4.78, 5) is 42.7. The van der Waals surface area contributed by atoms with Crippen molar-refractivity contribution in [2.75, 3.05) is 26.4 Å². The number of hydrogen-bond acceptors (Lipinski definition) is 9. The van der Waals surface area contributed by atoms with Crippen LogP contribution in [0.5, 0.6) is 0 Å². The van der Waals surface area contributed by atoms with Gasteiger partial charge in [0.25, 0.3) is 0 Å². The van der Waals surface area contributed by atoms with Crippen LogP contribution in [0.25, 0.3) is 0 Å². The van der Waals surface area contributed by atoms with Crippen molar-refractivity contribution in [2.45, 2.75) is 45.7 Å². The lowest BCUT2D eigenvalue weighted by Crippen LogP contribution is -2.34. The fraction of sp³-hybridized carbons (Fsp3) is 0.275. The van der Waals surface area contributed by atoms with Gasteiger partial charge in [0.1, 0.15) is 12.6 Å². The van der Waals surface area contributed by atoms with Crippen LogP contribution in [-0.4, -0.2) is 68.8 Å². The number of rotatable bonds is 14. The van der Waals surface area contributed by atoms with Crippen LogP contribution in [0.1, 0.15) is 43.0 Å². The average Bonchev–Trinajstić information content (AvgIpc) is 3.12. The van der Waals surface area contributed by atoms with Crippen molar-refractivity contribution in [1.29, 1.82) is 0 Å². The number of halogens is 2. The molecule has 11 heteroatoms. The molecule has 0 spiro atoms. The summed E-state index contributed by atoms with van der Waals surface area (Å²) in [5.74, 6) is -0.912. The quantitative estimate of drug-likeness (QED) is 0.0610. The molecule has 4 aromatic rings. The van der Waals surface area contributed by atoms with E-state index in [2.05, 4.69) is 61.2 Å². The summed E-state index contributed by atoms with van der Waals surface area (Å²) < 4.78 is 17.0. The van der Waals surface area contributed by atoms with Crippen LogP contribution in [0.4, 0.5) is 0 Å². The molecule has 0 bridgehead atoms. The van der Waals surface area contributed by atoms with E-state index in [4.69, 9.17) is 19.9 Å². The fourth-order valence-corrected chi connectivity index (χ4v) is 5.47. The molecule has 0 aliphatic rings. The van der Waals surface area contributed by atoms with Gasteiger partial charge in [-0.1, -0.05) is 84.9 Å². The molecular weight excluding hydrogens is 872 g/mol. The Hall–Kier alpha value is -3.95. The maximum absolute atomic E-state index is 12.1. The van der Waals surface area contributed by atoms with E-state index in [-0.39, 0.29) is 24.5 Å². The predicted molar refractivity (Wildman–Crippen MR) is 220 cm³/mol. The molecule has 0 saturated carbocycles. The normalized spacial score (nSPS) is 11.7. The van der Waals surface area contributed by atoms with Gasteiger partial charge in [-0.2, -0.15) is 0 Å². The third-order valence-corrected chi connectivity index (χ3v) is 7.92.